The first kappa shape index (κ1) is 9.58. The molecule has 0 aliphatic carbocycles. The van der Waals surface area contributed by atoms with Crippen LogP contribution in [0.25, 0.3) is 0 Å². The molecule has 0 saturated carbocycles. The van der Waals surface area contributed by atoms with E-state index in [9.17, 15) is 0 Å². The Labute approximate surface area is 78.2 Å². The van der Waals surface area contributed by atoms with Gasteiger partial charge in [0.05, 0.1) is 7.11 Å². The second kappa shape index (κ2) is 4.50. The summed E-state index contributed by atoms with van der Waals surface area (Å²) in [5.74, 6) is 6.01. The molecule has 3 heteroatoms. The Morgan fingerprint density at radius 1 is 1.38 bits per heavy atom. The van der Waals surface area contributed by atoms with E-state index in [1.165, 1.54) is 5.56 Å². The Balaban J connectivity index is 2.69. The van der Waals surface area contributed by atoms with Crippen molar-refractivity contribution in [2.24, 2.45) is 10.9 Å². The average Bonchev–Trinajstić information content (AvgIpc) is 2.19. The summed E-state index contributed by atoms with van der Waals surface area (Å²) in [5.41, 5.74) is 2.11. The van der Waals surface area contributed by atoms with Gasteiger partial charge in [-0.05, 0) is 24.6 Å². The lowest BCUT2D eigenvalue weighted by Crippen LogP contribution is -2.00. The van der Waals surface area contributed by atoms with E-state index in [-0.39, 0.29) is 0 Å². The van der Waals surface area contributed by atoms with Gasteiger partial charge in [0.25, 0.3) is 0 Å². The van der Waals surface area contributed by atoms with Crippen LogP contribution in [-0.4, -0.2) is 12.8 Å². The Morgan fingerprint density at radius 2 is 2.00 bits per heavy atom. The second-order valence-corrected chi connectivity index (χ2v) is 2.89. The van der Waals surface area contributed by atoms with Crippen molar-refractivity contribution < 1.29 is 4.74 Å². The van der Waals surface area contributed by atoms with Gasteiger partial charge in [0.15, 0.2) is 0 Å². The molecular weight excluding hydrogens is 164 g/mol. The van der Waals surface area contributed by atoms with E-state index in [0.717, 1.165) is 17.9 Å². The molecule has 1 aromatic carbocycles. The fraction of sp³-hybridized carbons (Fsp3) is 0.300. The van der Waals surface area contributed by atoms with Gasteiger partial charge in [-0.3, -0.25) is 0 Å². The minimum Gasteiger partial charge on any atom is -0.497 e. The highest BCUT2D eigenvalue weighted by Gasteiger charge is 1.96. The van der Waals surface area contributed by atoms with Crippen molar-refractivity contribution in [3.05, 3.63) is 29.8 Å². The van der Waals surface area contributed by atoms with Gasteiger partial charge >= 0.3 is 0 Å². The number of nitrogens with zero attached hydrogens (tertiary/aromatic N) is 1. The van der Waals surface area contributed by atoms with Crippen LogP contribution < -0.4 is 10.6 Å². The van der Waals surface area contributed by atoms with Gasteiger partial charge in [0.2, 0.25) is 0 Å². The first-order valence-corrected chi connectivity index (χ1v) is 4.12. The van der Waals surface area contributed by atoms with E-state index < -0.39 is 0 Å². The fourth-order valence-electron chi connectivity index (χ4n) is 1.08. The zero-order chi connectivity index (χ0) is 9.68. The quantitative estimate of drug-likeness (QED) is 0.434. The molecule has 1 aromatic rings. The summed E-state index contributed by atoms with van der Waals surface area (Å²) in [5, 5.41) is 3.61. The van der Waals surface area contributed by atoms with Crippen molar-refractivity contribution in [3.63, 3.8) is 0 Å². The molecule has 0 aliphatic heterocycles. The van der Waals surface area contributed by atoms with Gasteiger partial charge < -0.3 is 10.6 Å². The molecule has 0 aliphatic rings. The number of nitrogens with two attached hydrogens (primary N) is 1. The Hall–Kier alpha value is -1.51. The predicted octanol–water partition coefficient (Wildman–Crippen LogP) is 1.57. The van der Waals surface area contributed by atoms with Crippen molar-refractivity contribution >= 4 is 5.71 Å². The zero-order valence-electron chi connectivity index (χ0n) is 7.95. The molecule has 1 rings (SSSR count). The Kier molecular flexibility index (Phi) is 3.31. The minimum atomic E-state index is 0.792. The van der Waals surface area contributed by atoms with Crippen LogP contribution in [-0.2, 0) is 6.42 Å². The van der Waals surface area contributed by atoms with Crippen LogP contribution >= 0.6 is 0 Å². The largest absolute Gasteiger partial charge is 0.497 e. The van der Waals surface area contributed by atoms with Crippen LogP contribution in [0, 0.1) is 0 Å². The van der Waals surface area contributed by atoms with Crippen LogP contribution in [0.2, 0.25) is 0 Å². The number of hydrogen-bond acceptors (Lipinski definition) is 3. The first-order valence-electron chi connectivity index (χ1n) is 4.12. The third-order valence-corrected chi connectivity index (χ3v) is 1.84. The molecule has 0 amide bonds. The van der Waals surface area contributed by atoms with Crippen LogP contribution in [0.4, 0.5) is 0 Å². The van der Waals surface area contributed by atoms with E-state index in [0.29, 0.717) is 0 Å². The predicted molar refractivity (Wildman–Crippen MR) is 54.0 cm³/mol. The Morgan fingerprint density at radius 3 is 2.46 bits per heavy atom. The highest BCUT2D eigenvalue weighted by atomic mass is 16.5. The summed E-state index contributed by atoms with van der Waals surface area (Å²) < 4.78 is 5.05. The normalized spacial score (nSPS) is 11.4. The zero-order valence-corrected chi connectivity index (χ0v) is 7.95. The van der Waals surface area contributed by atoms with Gasteiger partial charge in [-0.15, -0.1) is 0 Å². The van der Waals surface area contributed by atoms with Crippen LogP contribution in [0.5, 0.6) is 5.75 Å². The first-order chi connectivity index (χ1) is 6.26. The number of rotatable bonds is 3. The van der Waals surface area contributed by atoms with E-state index in [4.69, 9.17) is 10.6 Å². The summed E-state index contributed by atoms with van der Waals surface area (Å²) in [7, 11) is 1.65. The number of hydrogen-bond donors (Lipinski definition) is 1. The van der Waals surface area contributed by atoms with Gasteiger partial charge in [-0.1, -0.05) is 12.1 Å². The number of hydrazone groups is 1. The van der Waals surface area contributed by atoms with Crippen molar-refractivity contribution in [3.8, 4) is 5.75 Å². The van der Waals surface area contributed by atoms with E-state index in [1.807, 2.05) is 31.2 Å². The molecular formula is C10H14N2O. The Bertz CT molecular complexity index is 290. The SMILES string of the molecule is COc1ccc(C/C(C)=N/N)cc1. The summed E-state index contributed by atoms with van der Waals surface area (Å²) >= 11 is 0. The maximum Gasteiger partial charge on any atom is 0.118 e. The summed E-state index contributed by atoms with van der Waals surface area (Å²) in [4.78, 5) is 0. The van der Waals surface area contributed by atoms with Gasteiger partial charge in [-0.2, -0.15) is 5.10 Å². The van der Waals surface area contributed by atoms with Gasteiger partial charge in [-0.25, -0.2) is 0 Å². The lowest BCUT2D eigenvalue weighted by Gasteiger charge is -2.02. The molecule has 0 heterocycles. The number of ether oxygens (including phenoxy) is 1. The second-order valence-electron chi connectivity index (χ2n) is 2.89. The van der Waals surface area contributed by atoms with E-state index in [1.54, 1.807) is 7.11 Å². The standard InChI is InChI=1S/C10H14N2O/c1-8(12-11)7-9-3-5-10(13-2)6-4-9/h3-6H,7,11H2,1-2H3/b12-8+. The molecule has 0 aromatic heterocycles. The maximum atomic E-state index is 5.14. The smallest absolute Gasteiger partial charge is 0.118 e. The average molecular weight is 178 g/mol. The third kappa shape index (κ3) is 2.78. The molecule has 0 bridgehead atoms. The molecule has 0 atom stereocenters. The lowest BCUT2D eigenvalue weighted by molar-refractivity contribution is 0.414. The van der Waals surface area contributed by atoms with Crippen molar-refractivity contribution in [2.75, 3.05) is 7.11 Å². The molecule has 70 valence electrons. The van der Waals surface area contributed by atoms with Gasteiger partial charge in [0.1, 0.15) is 5.75 Å². The number of methoxy groups -OCH3 is 1. The van der Waals surface area contributed by atoms with Crippen molar-refractivity contribution in [1.82, 2.24) is 0 Å². The fourth-order valence-corrected chi connectivity index (χ4v) is 1.08. The molecule has 3 nitrogen and oxygen atoms in total. The van der Waals surface area contributed by atoms with Gasteiger partial charge in [0, 0.05) is 12.1 Å². The van der Waals surface area contributed by atoms with Crippen LogP contribution in [0.15, 0.2) is 29.4 Å². The molecule has 0 saturated heterocycles. The molecule has 13 heavy (non-hydrogen) atoms. The maximum absolute atomic E-state index is 5.14. The van der Waals surface area contributed by atoms with Crippen LogP contribution in [0.3, 0.4) is 0 Å². The van der Waals surface area contributed by atoms with E-state index >= 15 is 0 Å². The minimum absolute atomic E-state index is 0.792. The highest BCUT2D eigenvalue weighted by Crippen LogP contribution is 2.11. The molecule has 0 radical (unpaired) electrons. The molecule has 0 unspecified atom stereocenters. The van der Waals surface area contributed by atoms with E-state index in [2.05, 4.69) is 5.10 Å². The third-order valence-electron chi connectivity index (χ3n) is 1.84. The van der Waals surface area contributed by atoms with Crippen molar-refractivity contribution in [2.45, 2.75) is 13.3 Å². The lowest BCUT2D eigenvalue weighted by atomic mass is 10.1. The molecule has 0 fully saturated rings. The van der Waals surface area contributed by atoms with Crippen LogP contribution in [0.1, 0.15) is 12.5 Å². The monoisotopic (exact) mass is 178 g/mol. The summed E-state index contributed by atoms with van der Waals surface area (Å²) in [6, 6.07) is 7.87. The topological polar surface area (TPSA) is 47.6 Å². The number of benzene rings is 1. The summed E-state index contributed by atoms with van der Waals surface area (Å²) in [6.07, 6.45) is 0.792. The summed E-state index contributed by atoms with van der Waals surface area (Å²) in [6.45, 7) is 1.91. The highest BCUT2D eigenvalue weighted by molar-refractivity contribution is 5.83. The molecule has 0 spiro atoms. The molecule has 2 N–H and O–H groups in total. The van der Waals surface area contributed by atoms with Crippen molar-refractivity contribution in [1.29, 1.82) is 0 Å².